The zero-order valence-electron chi connectivity index (χ0n) is 12.1. The maximum absolute atomic E-state index is 11.2. The number of carboxylic acids is 1. The summed E-state index contributed by atoms with van der Waals surface area (Å²) in [6.45, 7) is 0. The second-order valence-electron chi connectivity index (χ2n) is 5.10. The van der Waals surface area contributed by atoms with E-state index in [9.17, 15) is 14.7 Å². The minimum atomic E-state index is -0.747. The molecular formula is C15H18ClN3O3. The molecule has 0 saturated heterocycles. The average Bonchev–Trinajstić information content (AvgIpc) is 2.85. The summed E-state index contributed by atoms with van der Waals surface area (Å²) in [5.74, 6) is -1.14. The van der Waals surface area contributed by atoms with Gasteiger partial charge in [0.1, 0.15) is 0 Å². The Labute approximate surface area is 132 Å². The van der Waals surface area contributed by atoms with Gasteiger partial charge in [0.15, 0.2) is 0 Å². The van der Waals surface area contributed by atoms with Crippen LogP contribution in [0.5, 0.6) is 0 Å². The molecule has 1 aliphatic carbocycles. The molecule has 1 atom stereocenters. The maximum atomic E-state index is 11.2. The largest absolute Gasteiger partial charge is 0.481 e. The van der Waals surface area contributed by atoms with Crippen molar-refractivity contribution in [2.45, 2.75) is 25.2 Å². The number of hydrogen-bond donors (Lipinski definition) is 4. The molecule has 1 unspecified atom stereocenters. The van der Waals surface area contributed by atoms with Gasteiger partial charge in [-0.1, -0.05) is 11.6 Å². The van der Waals surface area contributed by atoms with Crippen LogP contribution in [-0.4, -0.2) is 29.1 Å². The van der Waals surface area contributed by atoms with E-state index in [0.717, 1.165) is 35.0 Å². The fourth-order valence-electron chi connectivity index (χ4n) is 2.68. The van der Waals surface area contributed by atoms with Crippen molar-refractivity contribution in [1.29, 1.82) is 0 Å². The highest BCUT2D eigenvalue weighted by molar-refractivity contribution is 6.31. The van der Waals surface area contributed by atoms with Gasteiger partial charge in [0, 0.05) is 28.7 Å². The molecule has 1 aromatic heterocycles. The summed E-state index contributed by atoms with van der Waals surface area (Å²) in [5.41, 5.74) is 7.51. The third-order valence-electron chi connectivity index (χ3n) is 3.71. The average molecular weight is 324 g/mol. The van der Waals surface area contributed by atoms with E-state index in [2.05, 4.69) is 16.0 Å². The predicted molar refractivity (Wildman–Crippen MR) is 85.3 cm³/mol. The Bertz CT molecular complexity index is 711. The summed E-state index contributed by atoms with van der Waals surface area (Å²) in [6.07, 6.45) is 2.56. The number of aromatic amines is 1. The van der Waals surface area contributed by atoms with Crippen LogP contribution in [0, 0.1) is 0 Å². The molecule has 3 rings (SSSR count). The van der Waals surface area contributed by atoms with Gasteiger partial charge in [0.05, 0.1) is 5.92 Å². The van der Waals surface area contributed by atoms with Crippen LogP contribution in [0.3, 0.4) is 0 Å². The van der Waals surface area contributed by atoms with Crippen LogP contribution in [-0.2, 0) is 11.2 Å². The number of H-pyrrole nitrogens is 1. The first-order chi connectivity index (χ1) is 10.4. The van der Waals surface area contributed by atoms with Crippen LogP contribution >= 0.6 is 11.6 Å². The van der Waals surface area contributed by atoms with Crippen molar-refractivity contribution in [3.05, 3.63) is 34.5 Å². The summed E-state index contributed by atoms with van der Waals surface area (Å²) >= 11 is 5.99. The predicted octanol–water partition coefficient (Wildman–Crippen LogP) is 2.61. The Morgan fingerprint density at radius 1 is 1.45 bits per heavy atom. The van der Waals surface area contributed by atoms with Gasteiger partial charge in [-0.3, -0.25) is 4.79 Å². The lowest BCUT2D eigenvalue weighted by molar-refractivity contribution is -0.139. The number of benzene rings is 1. The number of carbonyl (C=O) groups is 2. The molecular weight excluding hydrogens is 306 g/mol. The highest BCUT2D eigenvalue weighted by atomic mass is 35.5. The number of urea groups is 1. The lowest BCUT2D eigenvalue weighted by Crippen LogP contribution is -2.24. The van der Waals surface area contributed by atoms with Gasteiger partial charge in [-0.05, 0) is 43.0 Å². The standard InChI is InChI=1S/C13H12ClNO2.C2H6N2O/c14-7-4-5-11-10(6-7)8-2-1-3-9(13(16)17)12(8)15-11;1-4-2(3)5/h4-6,9,15H,1-3H2,(H,16,17);1H3,(H3,3,4,5). The second kappa shape index (κ2) is 6.70. The number of amides is 2. The topological polar surface area (TPSA) is 108 Å². The van der Waals surface area contributed by atoms with E-state index in [1.54, 1.807) is 0 Å². The molecule has 2 amide bonds. The summed E-state index contributed by atoms with van der Waals surface area (Å²) in [7, 11) is 1.47. The van der Waals surface area contributed by atoms with Gasteiger partial charge in [-0.25, -0.2) is 4.79 Å². The number of carboxylic acid groups (broad SMARTS) is 1. The van der Waals surface area contributed by atoms with Crippen LogP contribution in [0.4, 0.5) is 4.79 Å². The first-order valence-electron chi connectivity index (χ1n) is 6.94. The van der Waals surface area contributed by atoms with Crippen LogP contribution in [0.2, 0.25) is 5.02 Å². The van der Waals surface area contributed by atoms with Gasteiger partial charge >= 0.3 is 12.0 Å². The third-order valence-corrected chi connectivity index (χ3v) is 3.95. The number of halogens is 1. The monoisotopic (exact) mass is 323 g/mol. The third kappa shape index (κ3) is 3.33. The molecule has 7 heteroatoms. The molecule has 118 valence electrons. The van der Waals surface area contributed by atoms with E-state index in [1.807, 2.05) is 18.2 Å². The normalized spacial score (nSPS) is 16.4. The van der Waals surface area contributed by atoms with E-state index in [1.165, 1.54) is 7.05 Å². The van der Waals surface area contributed by atoms with Crippen molar-refractivity contribution < 1.29 is 14.7 Å². The fraction of sp³-hybridized carbons (Fsp3) is 0.333. The van der Waals surface area contributed by atoms with Crippen LogP contribution in [0.15, 0.2) is 18.2 Å². The first-order valence-corrected chi connectivity index (χ1v) is 7.31. The number of fused-ring (bicyclic) bond motifs is 3. The van der Waals surface area contributed by atoms with E-state index < -0.39 is 17.9 Å². The number of hydrogen-bond acceptors (Lipinski definition) is 2. The smallest absolute Gasteiger partial charge is 0.312 e. The molecule has 0 fully saturated rings. The van der Waals surface area contributed by atoms with Crippen molar-refractivity contribution in [1.82, 2.24) is 10.3 Å². The number of nitrogens with one attached hydrogen (secondary N) is 2. The van der Waals surface area contributed by atoms with Gasteiger partial charge in [-0.2, -0.15) is 0 Å². The van der Waals surface area contributed by atoms with E-state index in [-0.39, 0.29) is 0 Å². The number of nitrogens with two attached hydrogens (primary N) is 1. The summed E-state index contributed by atoms with van der Waals surface area (Å²) < 4.78 is 0. The molecule has 1 aliphatic rings. The van der Waals surface area contributed by atoms with E-state index in [4.69, 9.17) is 11.6 Å². The Hall–Kier alpha value is -2.21. The maximum Gasteiger partial charge on any atom is 0.312 e. The van der Waals surface area contributed by atoms with Gasteiger partial charge < -0.3 is 21.1 Å². The Balaban J connectivity index is 0.000000309. The van der Waals surface area contributed by atoms with Crippen LogP contribution in [0.1, 0.15) is 30.0 Å². The SMILES string of the molecule is CNC(N)=O.O=C(O)C1CCCc2c1[nH]c1ccc(Cl)cc21. The van der Waals surface area contributed by atoms with E-state index >= 15 is 0 Å². The lowest BCUT2D eigenvalue weighted by Gasteiger charge is -2.18. The van der Waals surface area contributed by atoms with Crippen molar-refractivity contribution in [2.75, 3.05) is 7.05 Å². The minimum Gasteiger partial charge on any atom is -0.481 e. The number of rotatable bonds is 1. The van der Waals surface area contributed by atoms with Crippen LogP contribution in [0.25, 0.3) is 10.9 Å². The number of primary amides is 1. The first kappa shape index (κ1) is 16.2. The number of aliphatic carboxylic acids is 1. The molecule has 0 bridgehead atoms. The molecule has 0 spiro atoms. The second-order valence-corrected chi connectivity index (χ2v) is 5.54. The molecule has 0 aliphatic heterocycles. The number of aryl methyl sites for hydroxylation is 1. The van der Waals surface area contributed by atoms with Crippen molar-refractivity contribution >= 4 is 34.5 Å². The Kier molecular flexibility index (Phi) is 4.92. The van der Waals surface area contributed by atoms with Crippen molar-refractivity contribution in [2.24, 2.45) is 5.73 Å². The molecule has 5 N–H and O–H groups in total. The molecule has 0 radical (unpaired) electrons. The Morgan fingerprint density at radius 2 is 2.14 bits per heavy atom. The van der Waals surface area contributed by atoms with Gasteiger partial charge in [0.2, 0.25) is 0 Å². The van der Waals surface area contributed by atoms with Crippen molar-refractivity contribution in [3.63, 3.8) is 0 Å². The Morgan fingerprint density at radius 3 is 2.73 bits per heavy atom. The molecule has 2 aromatic rings. The number of aromatic nitrogens is 1. The summed E-state index contributed by atoms with van der Waals surface area (Å²) in [6, 6.07) is 5.15. The summed E-state index contributed by atoms with van der Waals surface area (Å²) in [4.78, 5) is 23.9. The molecule has 6 nitrogen and oxygen atoms in total. The molecule has 1 heterocycles. The number of carbonyl (C=O) groups excluding carboxylic acids is 1. The van der Waals surface area contributed by atoms with Gasteiger partial charge in [-0.15, -0.1) is 0 Å². The lowest BCUT2D eigenvalue weighted by atomic mass is 9.87. The molecule has 22 heavy (non-hydrogen) atoms. The van der Waals surface area contributed by atoms with Crippen LogP contribution < -0.4 is 11.1 Å². The molecule has 0 saturated carbocycles. The minimum absolute atomic E-state index is 0.398. The highest BCUT2D eigenvalue weighted by Crippen LogP contribution is 2.36. The fourth-order valence-corrected chi connectivity index (χ4v) is 2.85. The quantitative estimate of drug-likeness (QED) is 0.647. The van der Waals surface area contributed by atoms with Gasteiger partial charge in [0.25, 0.3) is 0 Å². The van der Waals surface area contributed by atoms with Crippen molar-refractivity contribution in [3.8, 4) is 0 Å². The highest BCUT2D eigenvalue weighted by Gasteiger charge is 2.29. The zero-order valence-corrected chi connectivity index (χ0v) is 12.9. The summed E-state index contributed by atoms with van der Waals surface area (Å²) in [5, 5.41) is 13.1. The zero-order chi connectivity index (χ0) is 16.3. The van der Waals surface area contributed by atoms with E-state index in [0.29, 0.717) is 11.4 Å². The molecule has 1 aromatic carbocycles.